The van der Waals surface area contributed by atoms with E-state index in [2.05, 4.69) is 0 Å². The number of methoxy groups -OCH3 is 1. The van der Waals surface area contributed by atoms with Crippen LogP contribution in [0, 0.1) is 22.7 Å². The molecule has 1 aliphatic heterocycles. The highest BCUT2D eigenvalue weighted by atomic mass is 16.7. The Bertz CT molecular complexity index is 929. The van der Waals surface area contributed by atoms with Crippen LogP contribution in [0.1, 0.15) is 54.4 Å². The van der Waals surface area contributed by atoms with Gasteiger partial charge in [-0.15, -0.1) is 0 Å². The van der Waals surface area contributed by atoms with Crippen molar-refractivity contribution in [3.05, 3.63) is 11.1 Å². The second kappa shape index (κ2) is 8.49. The topological polar surface area (TPSA) is 152 Å². The summed E-state index contributed by atoms with van der Waals surface area (Å²) in [5.74, 6) is -2.65. The number of aliphatic hydroxyl groups excluding tert-OH is 3. The molecule has 3 aliphatic carbocycles. The van der Waals surface area contributed by atoms with Crippen LogP contribution in [0.2, 0.25) is 0 Å². The van der Waals surface area contributed by atoms with Gasteiger partial charge in [0.05, 0.1) is 18.3 Å². The summed E-state index contributed by atoms with van der Waals surface area (Å²) < 4.78 is 23.2. The molecule has 198 valence electrons. The van der Waals surface area contributed by atoms with Gasteiger partial charge in [-0.1, -0.05) is 20.8 Å². The molecule has 3 fully saturated rings. The molecule has 10 heteroatoms. The highest BCUT2D eigenvalue weighted by molar-refractivity contribution is 5.67. The molecule has 0 amide bonds. The van der Waals surface area contributed by atoms with Gasteiger partial charge in [0.25, 0.3) is 0 Å². The maximum Gasteiger partial charge on any atom is 0.303 e. The van der Waals surface area contributed by atoms with Crippen molar-refractivity contribution in [1.82, 2.24) is 0 Å². The summed E-state index contributed by atoms with van der Waals surface area (Å²) in [6.45, 7) is 9.44. The first kappa shape index (κ1) is 26.5. The number of rotatable bonds is 3. The smallest absolute Gasteiger partial charge is 0.303 e. The van der Waals surface area contributed by atoms with E-state index in [9.17, 15) is 30.0 Å². The van der Waals surface area contributed by atoms with Gasteiger partial charge in [-0.3, -0.25) is 9.59 Å². The molecule has 4 rings (SSSR count). The van der Waals surface area contributed by atoms with Gasteiger partial charge >= 0.3 is 11.9 Å². The van der Waals surface area contributed by atoms with Gasteiger partial charge in [0.15, 0.2) is 12.4 Å². The lowest BCUT2D eigenvalue weighted by Crippen LogP contribution is -2.72. The van der Waals surface area contributed by atoms with Crippen molar-refractivity contribution in [2.75, 3.05) is 7.11 Å². The van der Waals surface area contributed by atoms with E-state index < -0.39 is 83.1 Å². The Morgan fingerprint density at radius 1 is 1.06 bits per heavy atom. The van der Waals surface area contributed by atoms with E-state index in [0.717, 1.165) is 0 Å². The zero-order chi connectivity index (χ0) is 26.2. The van der Waals surface area contributed by atoms with Crippen LogP contribution in [-0.2, 0) is 28.5 Å². The number of esters is 2. The van der Waals surface area contributed by atoms with Crippen molar-refractivity contribution in [1.29, 1.82) is 0 Å². The Labute approximate surface area is 205 Å². The molecule has 0 aromatic heterocycles. The zero-order valence-electron chi connectivity index (χ0n) is 21.3. The Morgan fingerprint density at radius 2 is 1.66 bits per heavy atom. The van der Waals surface area contributed by atoms with Gasteiger partial charge < -0.3 is 39.4 Å². The third-order valence-corrected chi connectivity index (χ3v) is 9.35. The number of ether oxygens (including phenoxy) is 4. The average Bonchev–Trinajstić information content (AvgIpc) is 3.15. The standard InChI is InChI=1S/C25H38O10/c1-10-14(33-11(2)26)9-25(31)21-18-16(22(32-7)35-21)13(28)8-15(29)24(18,6)20(30)19(34-12(3)27)17(10)23(25,4)5/h13-16,18-22,28-31H,8-9H2,1-7H3/t13-,14-,15-,16+,18-,19+,20-,21-,22+,24+,25+/m0/s1. The Kier molecular flexibility index (Phi) is 6.43. The van der Waals surface area contributed by atoms with Crippen molar-refractivity contribution in [2.24, 2.45) is 22.7 Å². The van der Waals surface area contributed by atoms with Gasteiger partial charge in [0.1, 0.15) is 17.8 Å². The first-order valence-corrected chi connectivity index (χ1v) is 12.1. The predicted octanol–water partition coefficient (Wildman–Crippen LogP) is 0.437. The zero-order valence-corrected chi connectivity index (χ0v) is 21.3. The average molecular weight is 499 g/mol. The SMILES string of the molecule is CO[C@@H]1O[C@H]2[C@@H]3[C@H]1[C@@H](O)C[C@H](O)[C@@]3(C)[C@@H](O)[C@H](OC(C)=O)C1=C(C)[C@@H](OC(C)=O)C[C@]2(O)C1(C)C. The lowest BCUT2D eigenvalue weighted by molar-refractivity contribution is -0.251. The normalized spacial score (nSPS) is 48.5. The number of hydrogen-bond donors (Lipinski definition) is 4. The van der Waals surface area contributed by atoms with Crippen molar-refractivity contribution in [3.63, 3.8) is 0 Å². The largest absolute Gasteiger partial charge is 0.458 e. The van der Waals surface area contributed by atoms with E-state index in [1.807, 2.05) is 0 Å². The third kappa shape index (κ3) is 3.52. The lowest BCUT2D eigenvalue weighted by atomic mass is 9.46. The molecule has 2 saturated carbocycles. The summed E-state index contributed by atoms with van der Waals surface area (Å²) in [7, 11) is 1.43. The number of carbonyl (C=O) groups excluding carboxylic acids is 2. The van der Waals surface area contributed by atoms with E-state index in [0.29, 0.717) is 11.1 Å². The van der Waals surface area contributed by atoms with E-state index in [1.54, 1.807) is 27.7 Å². The van der Waals surface area contributed by atoms with Crippen LogP contribution in [0.25, 0.3) is 0 Å². The van der Waals surface area contributed by atoms with Crippen molar-refractivity contribution in [2.45, 2.75) is 103 Å². The molecule has 0 unspecified atom stereocenters. The summed E-state index contributed by atoms with van der Waals surface area (Å²) in [6, 6.07) is 0. The minimum absolute atomic E-state index is 0.0234. The minimum atomic E-state index is -1.70. The van der Waals surface area contributed by atoms with Gasteiger partial charge in [-0.2, -0.15) is 0 Å². The van der Waals surface area contributed by atoms with Gasteiger partial charge in [-0.05, 0) is 18.1 Å². The molecule has 35 heavy (non-hydrogen) atoms. The van der Waals surface area contributed by atoms with Crippen LogP contribution >= 0.6 is 0 Å². The molecule has 4 N–H and O–H groups in total. The van der Waals surface area contributed by atoms with Crippen LogP contribution in [0.5, 0.6) is 0 Å². The molecule has 0 spiro atoms. The fourth-order valence-corrected chi connectivity index (χ4v) is 7.49. The molecular weight excluding hydrogens is 460 g/mol. The minimum Gasteiger partial charge on any atom is -0.458 e. The summed E-state index contributed by atoms with van der Waals surface area (Å²) in [4.78, 5) is 24.2. The molecule has 0 aromatic rings. The van der Waals surface area contributed by atoms with E-state index in [1.165, 1.54) is 21.0 Å². The summed E-state index contributed by atoms with van der Waals surface area (Å²) >= 11 is 0. The van der Waals surface area contributed by atoms with Crippen molar-refractivity contribution in [3.8, 4) is 0 Å². The number of carbonyl (C=O) groups is 2. The third-order valence-electron chi connectivity index (χ3n) is 9.35. The van der Waals surface area contributed by atoms with Crippen LogP contribution in [0.3, 0.4) is 0 Å². The molecule has 4 aliphatic rings. The highest BCUT2D eigenvalue weighted by Gasteiger charge is 2.74. The van der Waals surface area contributed by atoms with Crippen LogP contribution in [-0.4, -0.2) is 88.0 Å². The first-order valence-electron chi connectivity index (χ1n) is 12.1. The van der Waals surface area contributed by atoms with Crippen LogP contribution < -0.4 is 0 Å². The van der Waals surface area contributed by atoms with E-state index >= 15 is 0 Å². The molecule has 1 heterocycles. The number of fused-ring (bicyclic) bond motifs is 3. The molecule has 2 bridgehead atoms. The van der Waals surface area contributed by atoms with E-state index in [-0.39, 0.29) is 12.8 Å². The fourth-order valence-electron chi connectivity index (χ4n) is 7.49. The van der Waals surface area contributed by atoms with Crippen LogP contribution in [0.4, 0.5) is 0 Å². The Hall–Kier alpha value is -1.56. The maximum atomic E-state index is 12.5. The molecular formula is C25H38O10. The van der Waals surface area contributed by atoms with Gasteiger partial charge in [0, 0.05) is 56.5 Å². The summed E-state index contributed by atoms with van der Waals surface area (Å²) in [5.41, 5.74) is -3.19. The van der Waals surface area contributed by atoms with Crippen LogP contribution in [0.15, 0.2) is 11.1 Å². The lowest BCUT2D eigenvalue weighted by Gasteiger charge is -2.62. The Balaban J connectivity index is 2.04. The predicted molar refractivity (Wildman–Crippen MR) is 121 cm³/mol. The van der Waals surface area contributed by atoms with Crippen molar-refractivity contribution < 1.29 is 49.0 Å². The number of aliphatic hydroxyl groups is 4. The second-order valence-corrected chi connectivity index (χ2v) is 11.4. The highest BCUT2D eigenvalue weighted by Crippen LogP contribution is 2.64. The van der Waals surface area contributed by atoms with Crippen molar-refractivity contribution >= 4 is 11.9 Å². The monoisotopic (exact) mass is 498 g/mol. The fraction of sp³-hybridized carbons (Fsp3) is 0.840. The Morgan fingerprint density at radius 3 is 2.20 bits per heavy atom. The molecule has 0 aromatic carbocycles. The molecule has 0 radical (unpaired) electrons. The molecule has 11 atom stereocenters. The quantitative estimate of drug-likeness (QED) is 0.318. The molecule has 1 saturated heterocycles. The van der Waals surface area contributed by atoms with Gasteiger partial charge in [-0.25, -0.2) is 0 Å². The first-order chi connectivity index (χ1) is 16.1. The second-order valence-electron chi connectivity index (χ2n) is 11.4. The number of hydrogen-bond acceptors (Lipinski definition) is 10. The summed E-state index contributed by atoms with van der Waals surface area (Å²) in [6.07, 6.45) is -7.73. The van der Waals surface area contributed by atoms with Gasteiger partial charge in [0.2, 0.25) is 0 Å². The summed E-state index contributed by atoms with van der Waals surface area (Å²) in [5, 5.41) is 46.7. The maximum absolute atomic E-state index is 12.5. The molecule has 10 nitrogen and oxygen atoms in total. The van der Waals surface area contributed by atoms with E-state index in [4.69, 9.17) is 18.9 Å².